The number of unbranched alkanes of at least 4 members (excludes halogenated alkanes) is 2. The smallest absolute Gasteiger partial charge is 0.304 e. The first-order chi connectivity index (χ1) is 12.0. The summed E-state index contributed by atoms with van der Waals surface area (Å²) in [7, 11) is 0. The molecule has 0 heterocycles. The van der Waals surface area contributed by atoms with E-state index in [1.165, 1.54) is 0 Å². The second-order valence-corrected chi connectivity index (χ2v) is 7.25. The third-order valence-electron chi connectivity index (χ3n) is 5.24. The highest BCUT2D eigenvalue weighted by atomic mass is 16.4. The predicted octanol–water partition coefficient (Wildman–Crippen LogP) is 3.30. The predicted molar refractivity (Wildman–Crippen MR) is 97.7 cm³/mol. The van der Waals surface area contributed by atoms with Gasteiger partial charge < -0.3 is 15.3 Å². The van der Waals surface area contributed by atoms with Crippen LogP contribution in [0.2, 0.25) is 0 Å². The van der Waals surface area contributed by atoms with Gasteiger partial charge in [-0.15, -0.1) is 0 Å². The number of carboxylic acid groups (broad SMARTS) is 1. The average Bonchev–Trinajstić information content (AvgIpc) is 3.06. The number of hydrogen-bond acceptors (Lipinski definition) is 3. The van der Waals surface area contributed by atoms with E-state index in [2.05, 4.69) is 24.8 Å². The molecule has 0 bridgehead atoms. The van der Waals surface area contributed by atoms with Crippen LogP contribution in [0.25, 0.3) is 0 Å². The molecule has 0 aromatic heterocycles. The van der Waals surface area contributed by atoms with Crippen LogP contribution >= 0.6 is 0 Å². The number of rotatable bonds is 8. The maximum atomic E-state index is 10.5. The van der Waals surface area contributed by atoms with Crippen LogP contribution in [0, 0.1) is 29.6 Å². The molecule has 2 aliphatic carbocycles. The van der Waals surface area contributed by atoms with Gasteiger partial charge in [0.2, 0.25) is 0 Å². The summed E-state index contributed by atoms with van der Waals surface area (Å²) in [6.45, 7) is 2.15. The zero-order chi connectivity index (χ0) is 18.2. The minimum atomic E-state index is -0.822. The van der Waals surface area contributed by atoms with Crippen molar-refractivity contribution in [2.45, 2.75) is 70.5 Å². The van der Waals surface area contributed by atoms with Crippen LogP contribution in [-0.4, -0.2) is 33.5 Å². The van der Waals surface area contributed by atoms with Crippen molar-refractivity contribution in [2.75, 3.05) is 0 Å². The molecule has 0 aromatic carbocycles. The first-order valence-electron chi connectivity index (χ1n) is 9.47. The Kier molecular flexibility index (Phi) is 7.74. The van der Waals surface area contributed by atoms with Gasteiger partial charge in [0.1, 0.15) is 0 Å². The molecule has 1 fully saturated rings. The molecular weight excluding hydrogens is 316 g/mol. The van der Waals surface area contributed by atoms with Crippen molar-refractivity contribution in [3.05, 3.63) is 23.8 Å². The van der Waals surface area contributed by atoms with Crippen molar-refractivity contribution in [1.82, 2.24) is 0 Å². The molecule has 2 aliphatic rings. The van der Waals surface area contributed by atoms with E-state index in [0.717, 1.165) is 44.1 Å². The molecule has 4 nitrogen and oxygen atoms in total. The monoisotopic (exact) mass is 346 g/mol. The van der Waals surface area contributed by atoms with Gasteiger partial charge in [-0.2, -0.15) is 0 Å². The van der Waals surface area contributed by atoms with E-state index >= 15 is 0 Å². The number of aliphatic hydroxyl groups is 2. The number of allylic oxidation sites excluding steroid dienone is 2. The molecule has 3 N–H and O–H groups in total. The first-order valence-corrected chi connectivity index (χ1v) is 9.47. The van der Waals surface area contributed by atoms with Crippen LogP contribution < -0.4 is 0 Å². The summed E-state index contributed by atoms with van der Waals surface area (Å²) >= 11 is 0. The molecule has 0 saturated heterocycles. The summed E-state index contributed by atoms with van der Waals surface area (Å²) in [6.07, 6.45) is 11.3. The van der Waals surface area contributed by atoms with Crippen molar-refractivity contribution >= 4 is 5.97 Å². The van der Waals surface area contributed by atoms with Crippen molar-refractivity contribution in [1.29, 1.82) is 0 Å². The van der Waals surface area contributed by atoms with Crippen LogP contribution in [0.4, 0.5) is 0 Å². The van der Waals surface area contributed by atoms with Gasteiger partial charge in [0.15, 0.2) is 0 Å². The highest BCUT2D eigenvalue weighted by Gasteiger charge is 2.43. The number of aliphatic hydroxyl groups excluding tert-OH is 2. The Morgan fingerprint density at radius 2 is 2.24 bits per heavy atom. The lowest BCUT2D eigenvalue weighted by molar-refractivity contribution is -0.136. The Hall–Kier alpha value is -1.57. The molecule has 25 heavy (non-hydrogen) atoms. The second kappa shape index (κ2) is 9.79. The van der Waals surface area contributed by atoms with E-state index < -0.39 is 12.1 Å². The van der Waals surface area contributed by atoms with E-state index in [-0.39, 0.29) is 18.4 Å². The molecule has 4 heteroatoms. The number of carboxylic acids is 1. The molecule has 1 saturated carbocycles. The van der Waals surface area contributed by atoms with E-state index in [1.54, 1.807) is 0 Å². The second-order valence-electron chi connectivity index (χ2n) is 7.25. The molecule has 0 amide bonds. The van der Waals surface area contributed by atoms with Crippen LogP contribution in [0.5, 0.6) is 0 Å². The van der Waals surface area contributed by atoms with Gasteiger partial charge >= 0.3 is 5.97 Å². The summed E-state index contributed by atoms with van der Waals surface area (Å²) in [5.74, 6) is 5.96. The number of fused-ring (bicyclic) bond motifs is 1. The number of carbonyl (C=O) groups is 1. The lowest BCUT2D eigenvalue weighted by atomic mass is 9.89. The van der Waals surface area contributed by atoms with Gasteiger partial charge in [0.05, 0.1) is 18.6 Å². The Morgan fingerprint density at radius 1 is 1.44 bits per heavy atom. The molecule has 5 atom stereocenters. The van der Waals surface area contributed by atoms with Crippen molar-refractivity contribution in [2.24, 2.45) is 17.8 Å². The van der Waals surface area contributed by atoms with Crippen molar-refractivity contribution < 1.29 is 20.1 Å². The normalized spacial score (nSPS) is 29.2. The topological polar surface area (TPSA) is 77.8 Å². The average molecular weight is 346 g/mol. The SMILES string of the molecule is CCCCC[C@H](O)/C=C/[C@@H]1[C@H]2CC(C#CCCC(=O)O)=C[C@H]2C[C@H]1O. The minimum Gasteiger partial charge on any atom is -0.481 e. The van der Waals surface area contributed by atoms with Gasteiger partial charge in [-0.25, -0.2) is 0 Å². The summed E-state index contributed by atoms with van der Waals surface area (Å²) in [5, 5.41) is 29.0. The fourth-order valence-electron chi connectivity index (χ4n) is 3.91. The Morgan fingerprint density at radius 3 is 2.96 bits per heavy atom. The number of hydrogen-bond donors (Lipinski definition) is 3. The van der Waals surface area contributed by atoms with Crippen LogP contribution in [-0.2, 0) is 4.79 Å². The molecule has 0 aromatic rings. The summed E-state index contributed by atoms with van der Waals surface area (Å²) in [4.78, 5) is 10.5. The summed E-state index contributed by atoms with van der Waals surface area (Å²) < 4.78 is 0. The van der Waals surface area contributed by atoms with Crippen LogP contribution in [0.3, 0.4) is 0 Å². The van der Waals surface area contributed by atoms with Gasteiger partial charge in [0, 0.05) is 12.3 Å². The molecule has 2 rings (SSSR count). The molecule has 0 aliphatic heterocycles. The molecule has 0 unspecified atom stereocenters. The van der Waals surface area contributed by atoms with Gasteiger partial charge in [-0.05, 0) is 36.7 Å². The molecule has 0 radical (unpaired) electrons. The highest BCUT2D eigenvalue weighted by Crippen LogP contribution is 2.47. The van der Waals surface area contributed by atoms with E-state index in [9.17, 15) is 15.0 Å². The zero-order valence-electron chi connectivity index (χ0n) is 15.0. The minimum absolute atomic E-state index is 0.0698. The Balaban J connectivity index is 1.86. The molecular formula is C21H30O4. The number of aliphatic carboxylic acids is 1. The largest absolute Gasteiger partial charge is 0.481 e. The van der Waals surface area contributed by atoms with E-state index in [1.807, 2.05) is 12.2 Å². The van der Waals surface area contributed by atoms with Crippen LogP contribution in [0.1, 0.15) is 58.3 Å². The summed E-state index contributed by atoms with van der Waals surface area (Å²) in [5.41, 5.74) is 1.06. The van der Waals surface area contributed by atoms with Crippen molar-refractivity contribution in [3.63, 3.8) is 0 Å². The maximum absolute atomic E-state index is 10.5. The first kappa shape index (κ1) is 19.8. The standard InChI is InChI=1S/C21H30O4/c1-2-3-4-8-17(22)10-11-18-19-13-15(7-5-6-9-21(24)25)12-16(19)14-20(18)23/h10-12,16-20,22-23H,2-4,6,8-9,13-14H2,1H3,(H,24,25)/b11-10+/t16-,17-,18+,19-,20+/m0/s1. The lowest BCUT2D eigenvalue weighted by Gasteiger charge is -2.18. The van der Waals surface area contributed by atoms with Gasteiger partial charge in [-0.1, -0.05) is 56.3 Å². The fourth-order valence-corrected chi connectivity index (χ4v) is 3.91. The van der Waals surface area contributed by atoms with E-state index in [4.69, 9.17) is 5.11 Å². The third kappa shape index (κ3) is 6.02. The van der Waals surface area contributed by atoms with Crippen molar-refractivity contribution in [3.8, 4) is 11.8 Å². The highest BCUT2D eigenvalue weighted by molar-refractivity contribution is 5.67. The maximum Gasteiger partial charge on any atom is 0.304 e. The quantitative estimate of drug-likeness (QED) is 0.358. The van der Waals surface area contributed by atoms with Gasteiger partial charge in [-0.3, -0.25) is 4.79 Å². The van der Waals surface area contributed by atoms with Gasteiger partial charge in [0.25, 0.3) is 0 Å². The molecule has 0 spiro atoms. The lowest BCUT2D eigenvalue weighted by Crippen LogP contribution is -2.17. The molecule has 138 valence electrons. The summed E-state index contributed by atoms with van der Waals surface area (Å²) in [6, 6.07) is 0. The Bertz CT molecular complexity index is 566. The Labute approximate surface area is 150 Å². The third-order valence-corrected chi connectivity index (χ3v) is 5.24. The van der Waals surface area contributed by atoms with Crippen LogP contribution in [0.15, 0.2) is 23.8 Å². The fraction of sp³-hybridized carbons (Fsp3) is 0.667. The zero-order valence-corrected chi connectivity index (χ0v) is 15.0. The van der Waals surface area contributed by atoms with E-state index in [0.29, 0.717) is 18.3 Å².